The van der Waals surface area contributed by atoms with Crippen molar-refractivity contribution in [3.63, 3.8) is 0 Å². The number of hydrogen-bond acceptors (Lipinski definition) is 6. The average Bonchev–Trinajstić information content (AvgIpc) is 3.30. The van der Waals surface area contributed by atoms with E-state index in [1.165, 1.54) is 13.8 Å². The Morgan fingerprint density at radius 2 is 2.00 bits per heavy atom. The Morgan fingerprint density at radius 3 is 2.60 bits per heavy atom. The van der Waals surface area contributed by atoms with Gasteiger partial charge in [-0.05, 0) is 18.4 Å². The van der Waals surface area contributed by atoms with Crippen molar-refractivity contribution in [2.24, 2.45) is 10.8 Å². The number of esters is 2. The number of carbonyl (C=O) groups excluding carboxylic acids is 2. The zero-order chi connectivity index (χ0) is 18.0. The fourth-order valence-electron chi connectivity index (χ4n) is 5.45. The summed E-state index contributed by atoms with van der Waals surface area (Å²) in [6, 6.07) is 0. The van der Waals surface area contributed by atoms with Crippen LogP contribution in [-0.4, -0.2) is 49.1 Å². The number of rotatable bonds is 3. The van der Waals surface area contributed by atoms with Gasteiger partial charge < -0.3 is 18.9 Å². The molecule has 6 atom stereocenters. The summed E-state index contributed by atoms with van der Waals surface area (Å²) in [4.78, 5) is 22.8. The molecule has 0 amide bonds. The maximum Gasteiger partial charge on any atom is 0.302 e. The first-order valence-corrected chi connectivity index (χ1v) is 9.02. The van der Waals surface area contributed by atoms with Crippen molar-refractivity contribution < 1.29 is 28.5 Å². The minimum Gasteiger partial charge on any atom is -0.462 e. The highest BCUT2D eigenvalue weighted by Gasteiger charge is 2.81. The predicted octanol–water partition coefficient (Wildman–Crippen LogP) is 2.15. The van der Waals surface area contributed by atoms with Gasteiger partial charge in [-0.2, -0.15) is 0 Å². The van der Waals surface area contributed by atoms with E-state index in [1.54, 1.807) is 0 Å². The summed E-state index contributed by atoms with van der Waals surface area (Å²) in [6.45, 7) is 8.29. The fraction of sp³-hybridized carbons (Fsp3) is 0.789. The maximum atomic E-state index is 11.7. The third-order valence-electron chi connectivity index (χ3n) is 7.17. The summed E-state index contributed by atoms with van der Waals surface area (Å²) in [7, 11) is 0. The molecule has 0 unspecified atom stereocenters. The van der Waals surface area contributed by atoms with Gasteiger partial charge >= 0.3 is 11.9 Å². The van der Waals surface area contributed by atoms with E-state index in [0.717, 1.165) is 18.4 Å². The van der Waals surface area contributed by atoms with Crippen LogP contribution in [0, 0.1) is 10.8 Å². The van der Waals surface area contributed by atoms with Crippen LogP contribution in [0.1, 0.15) is 47.0 Å². The molecule has 1 spiro atoms. The van der Waals surface area contributed by atoms with Crippen LogP contribution in [0.3, 0.4) is 0 Å². The molecule has 0 aromatic rings. The van der Waals surface area contributed by atoms with Crippen LogP contribution < -0.4 is 0 Å². The van der Waals surface area contributed by atoms with E-state index < -0.39 is 0 Å². The molecule has 2 heterocycles. The molecule has 4 rings (SSSR count). The fourth-order valence-corrected chi connectivity index (χ4v) is 5.45. The Hall–Kier alpha value is -1.40. The highest BCUT2D eigenvalue weighted by molar-refractivity contribution is 5.66. The van der Waals surface area contributed by atoms with E-state index in [4.69, 9.17) is 18.9 Å². The number of fused-ring (bicyclic) bond motifs is 2. The normalized spacial score (nSPS) is 47.0. The van der Waals surface area contributed by atoms with Gasteiger partial charge in [-0.3, -0.25) is 9.59 Å². The van der Waals surface area contributed by atoms with Crippen LogP contribution in [0.15, 0.2) is 11.6 Å². The van der Waals surface area contributed by atoms with Crippen LogP contribution in [0.5, 0.6) is 0 Å². The van der Waals surface area contributed by atoms with E-state index in [-0.39, 0.29) is 46.7 Å². The van der Waals surface area contributed by atoms with Crippen molar-refractivity contribution in [1.82, 2.24) is 0 Å². The summed E-state index contributed by atoms with van der Waals surface area (Å²) in [5, 5.41) is 0. The Kier molecular flexibility index (Phi) is 3.61. The van der Waals surface area contributed by atoms with Crippen molar-refractivity contribution >= 4 is 11.9 Å². The van der Waals surface area contributed by atoms with Crippen molar-refractivity contribution in [2.75, 3.05) is 13.2 Å². The molecule has 3 fully saturated rings. The Morgan fingerprint density at radius 1 is 1.28 bits per heavy atom. The lowest BCUT2D eigenvalue weighted by Crippen LogP contribution is -2.63. The van der Waals surface area contributed by atoms with Gasteiger partial charge in [0, 0.05) is 31.1 Å². The second-order valence-corrected chi connectivity index (χ2v) is 8.28. The average molecular weight is 350 g/mol. The van der Waals surface area contributed by atoms with Gasteiger partial charge in [0.05, 0.1) is 18.8 Å². The monoisotopic (exact) mass is 350 g/mol. The zero-order valence-electron chi connectivity index (χ0n) is 15.3. The van der Waals surface area contributed by atoms with Crippen LogP contribution in [0.2, 0.25) is 0 Å². The molecule has 1 saturated carbocycles. The molecule has 0 N–H and O–H groups in total. The minimum atomic E-state index is -0.334. The molecule has 6 nitrogen and oxygen atoms in total. The van der Waals surface area contributed by atoms with Crippen molar-refractivity contribution in [1.29, 1.82) is 0 Å². The molecular formula is C19H26O6. The molecule has 2 saturated heterocycles. The van der Waals surface area contributed by atoms with E-state index in [2.05, 4.69) is 19.9 Å². The van der Waals surface area contributed by atoms with Crippen molar-refractivity contribution in [3.8, 4) is 0 Å². The van der Waals surface area contributed by atoms with Crippen LogP contribution >= 0.6 is 0 Å². The van der Waals surface area contributed by atoms with E-state index in [1.807, 2.05) is 0 Å². The highest BCUT2D eigenvalue weighted by Crippen LogP contribution is 2.71. The lowest BCUT2D eigenvalue weighted by molar-refractivity contribution is -0.210. The zero-order valence-corrected chi connectivity index (χ0v) is 15.3. The summed E-state index contributed by atoms with van der Waals surface area (Å²) in [5.41, 5.74) is 0.274. The summed E-state index contributed by atoms with van der Waals surface area (Å²) in [5.74, 6) is -0.525. The van der Waals surface area contributed by atoms with Crippen LogP contribution in [0.25, 0.3) is 0 Å². The number of epoxide rings is 1. The third kappa shape index (κ3) is 2.16. The minimum absolute atomic E-state index is 0.0655. The van der Waals surface area contributed by atoms with Gasteiger partial charge in [0.1, 0.15) is 18.3 Å². The molecule has 25 heavy (non-hydrogen) atoms. The lowest BCUT2D eigenvalue weighted by Gasteiger charge is -2.57. The Balaban J connectivity index is 1.67. The maximum absolute atomic E-state index is 11.7. The number of carbonyl (C=O) groups is 2. The third-order valence-corrected chi connectivity index (χ3v) is 7.17. The smallest absolute Gasteiger partial charge is 0.302 e. The summed E-state index contributed by atoms with van der Waals surface area (Å²) < 4.78 is 23.3. The van der Waals surface area contributed by atoms with Gasteiger partial charge in [-0.15, -0.1) is 0 Å². The standard InChI is InChI=1S/C19H26O6/c1-11(20)22-9-13-5-6-17(3)14(7-13)25-16-8-15(24-12(2)21)18(17,4)19(16)10-23-19/h7,14-16H,5-6,8-10H2,1-4H3/t14-,15-,16-,17+,18-,19+/m1/s1. The number of ether oxygens (including phenoxy) is 4. The lowest BCUT2D eigenvalue weighted by atomic mass is 9.52. The Labute approximate surface area is 147 Å². The molecule has 0 radical (unpaired) electrons. The molecule has 0 aromatic heterocycles. The van der Waals surface area contributed by atoms with Crippen molar-refractivity contribution in [3.05, 3.63) is 11.6 Å². The van der Waals surface area contributed by atoms with Gasteiger partial charge in [0.15, 0.2) is 0 Å². The van der Waals surface area contributed by atoms with Gasteiger partial charge in [-0.25, -0.2) is 0 Å². The first kappa shape index (κ1) is 17.0. The summed E-state index contributed by atoms with van der Waals surface area (Å²) >= 11 is 0. The summed E-state index contributed by atoms with van der Waals surface area (Å²) in [6.07, 6.45) is 4.17. The second kappa shape index (κ2) is 5.30. The van der Waals surface area contributed by atoms with Crippen molar-refractivity contribution in [2.45, 2.75) is 70.9 Å². The second-order valence-electron chi connectivity index (χ2n) is 8.28. The molecule has 2 bridgehead atoms. The molecule has 0 aromatic carbocycles. The largest absolute Gasteiger partial charge is 0.462 e. The topological polar surface area (TPSA) is 74.4 Å². The SMILES string of the molecule is CC(=O)OCC1=C[C@H]2O[C@@H]3C[C@@H](OC(C)=O)[C@](C)([C@@]2(C)CC1)[C@]31CO1. The molecular weight excluding hydrogens is 324 g/mol. The molecule has 138 valence electrons. The van der Waals surface area contributed by atoms with Gasteiger partial charge in [0.25, 0.3) is 0 Å². The first-order chi connectivity index (χ1) is 11.7. The van der Waals surface area contributed by atoms with Crippen LogP contribution in [-0.2, 0) is 28.5 Å². The van der Waals surface area contributed by atoms with E-state index >= 15 is 0 Å². The molecule has 4 aliphatic rings. The Bertz CT molecular complexity index is 650. The van der Waals surface area contributed by atoms with E-state index in [9.17, 15) is 9.59 Å². The number of hydrogen-bond donors (Lipinski definition) is 0. The predicted molar refractivity (Wildman–Crippen MR) is 87.7 cm³/mol. The molecule has 6 heteroatoms. The quantitative estimate of drug-likeness (QED) is 0.441. The molecule has 2 aliphatic heterocycles. The van der Waals surface area contributed by atoms with Crippen LogP contribution in [0.4, 0.5) is 0 Å². The first-order valence-electron chi connectivity index (χ1n) is 9.02. The van der Waals surface area contributed by atoms with E-state index in [0.29, 0.717) is 19.6 Å². The van der Waals surface area contributed by atoms with Gasteiger partial charge in [-0.1, -0.05) is 19.9 Å². The highest BCUT2D eigenvalue weighted by atomic mass is 16.6. The van der Waals surface area contributed by atoms with Gasteiger partial charge in [0.2, 0.25) is 0 Å². The molecule has 2 aliphatic carbocycles.